The van der Waals surface area contributed by atoms with Gasteiger partial charge in [-0.25, -0.2) is 0 Å². The van der Waals surface area contributed by atoms with Gasteiger partial charge < -0.3 is 20.4 Å². The van der Waals surface area contributed by atoms with Crippen LogP contribution in [0.5, 0.6) is 0 Å². The number of carbonyl (C=O) groups is 1. The van der Waals surface area contributed by atoms with Gasteiger partial charge >= 0.3 is 0 Å². The molecular weight excluding hydrogens is 350 g/mol. The predicted octanol–water partition coefficient (Wildman–Crippen LogP) is 0.759. The van der Waals surface area contributed by atoms with Gasteiger partial charge in [-0.3, -0.25) is 4.79 Å². The Bertz CT molecular complexity index is 546. The number of halogens is 1. The van der Waals surface area contributed by atoms with E-state index in [1.54, 1.807) is 0 Å². The fourth-order valence-electron chi connectivity index (χ4n) is 1.74. The van der Waals surface area contributed by atoms with Gasteiger partial charge in [0.25, 0.3) is 5.91 Å². The summed E-state index contributed by atoms with van der Waals surface area (Å²) in [5, 5.41) is 29.8. The normalized spacial score (nSPS) is 10.9. The van der Waals surface area contributed by atoms with E-state index in [0.29, 0.717) is 6.54 Å². The second-order valence-electron chi connectivity index (χ2n) is 4.42. The van der Waals surface area contributed by atoms with Gasteiger partial charge in [0.15, 0.2) is 0 Å². The quantitative estimate of drug-likeness (QED) is 0.465. The number of aliphatic hydroxyl groups excluding tert-OH is 2. The van der Waals surface area contributed by atoms with Crippen molar-refractivity contribution < 1.29 is 15.0 Å². The van der Waals surface area contributed by atoms with Crippen LogP contribution in [0, 0.1) is 11.3 Å². The van der Waals surface area contributed by atoms with E-state index < -0.39 is 5.91 Å². The minimum Gasteiger partial charge on any atom is -0.395 e. The van der Waals surface area contributed by atoms with E-state index in [1.165, 1.54) is 11.1 Å². The molecule has 0 heterocycles. The zero-order valence-electron chi connectivity index (χ0n) is 12.0. The number of hydrogen-bond donors (Lipinski definition) is 3. The summed E-state index contributed by atoms with van der Waals surface area (Å²) in [6.07, 6.45) is 1.35. The summed E-state index contributed by atoms with van der Waals surface area (Å²) in [6, 6.07) is 9.48. The summed E-state index contributed by atoms with van der Waals surface area (Å²) < 4.78 is 0.975. The summed E-state index contributed by atoms with van der Waals surface area (Å²) in [5.41, 5.74) is 0.936. The van der Waals surface area contributed by atoms with Crippen LogP contribution in [0.2, 0.25) is 0 Å². The highest BCUT2D eigenvalue weighted by atomic mass is 79.9. The Labute approximate surface area is 137 Å². The van der Waals surface area contributed by atoms with Crippen molar-refractivity contribution in [3.63, 3.8) is 0 Å². The third-order valence-corrected chi connectivity index (χ3v) is 3.37. The van der Waals surface area contributed by atoms with Gasteiger partial charge in [-0.15, -0.1) is 0 Å². The van der Waals surface area contributed by atoms with Gasteiger partial charge in [0, 0.05) is 30.3 Å². The van der Waals surface area contributed by atoms with Crippen LogP contribution >= 0.6 is 15.9 Å². The van der Waals surface area contributed by atoms with Crippen molar-refractivity contribution in [2.45, 2.75) is 6.54 Å². The van der Waals surface area contributed by atoms with Gasteiger partial charge in [0.1, 0.15) is 11.6 Å². The third-order valence-electron chi connectivity index (χ3n) is 2.84. The monoisotopic (exact) mass is 367 g/mol. The van der Waals surface area contributed by atoms with Crippen molar-refractivity contribution in [1.29, 1.82) is 5.26 Å². The summed E-state index contributed by atoms with van der Waals surface area (Å²) in [4.78, 5) is 13.3. The van der Waals surface area contributed by atoms with E-state index >= 15 is 0 Å². The fraction of sp³-hybridized carbons (Fsp3) is 0.333. The van der Waals surface area contributed by atoms with E-state index in [9.17, 15) is 4.79 Å². The van der Waals surface area contributed by atoms with Crippen LogP contribution in [0.3, 0.4) is 0 Å². The van der Waals surface area contributed by atoms with Crippen molar-refractivity contribution in [2.75, 3.05) is 26.3 Å². The number of carbonyl (C=O) groups excluding carboxylic acids is 1. The molecule has 0 fully saturated rings. The number of nitrogens with zero attached hydrogens (tertiary/aromatic N) is 2. The predicted molar refractivity (Wildman–Crippen MR) is 85.4 cm³/mol. The van der Waals surface area contributed by atoms with Crippen molar-refractivity contribution in [3.05, 3.63) is 46.1 Å². The maximum absolute atomic E-state index is 12.1. The fourth-order valence-corrected chi connectivity index (χ4v) is 2.01. The SMILES string of the molecule is N#C/C(=C/NCc1ccc(Br)cc1)C(=O)N(CCO)CCO. The molecule has 7 heteroatoms. The van der Waals surface area contributed by atoms with Crippen molar-refractivity contribution in [3.8, 4) is 6.07 Å². The zero-order chi connectivity index (χ0) is 16.4. The Hall–Kier alpha value is -1.88. The Morgan fingerprint density at radius 1 is 1.27 bits per heavy atom. The molecule has 3 N–H and O–H groups in total. The zero-order valence-corrected chi connectivity index (χ0v) is 13.6. The molecule has 0 aliphatic heterocycles. The second kappa shape index (κ2) is 9.95. The topological polar surface area (TPSA) is 96.6 Å². The van der Waals surface area contributed by atoms with Crippen LogP contribution < -0.4 is 5.32 Å². The summed E-state index contributed by atoms with van der Waals surface area (Å²) >= 11 is 3.35. The minimum atomic E-state index is -0.520. The van der Waals surface area contributed by atoms with Gasteiger partial charge in [-0.2, -0.15) is 5.26 Å². The minimum absolute atomic E-state index is 0.0704. The molecule has 0 aliphatic rings. The second-order valence-corrected chi connectivity index (χ2v) is 5.33. The molecule has 0 saturated carbocycles. The van der Waals surface area contributed by atoms with E-state index in [1.807, 2.05) is 30.3 Å². The molecule has 0 unspecified atom stereocenters. The molecule has 0 saturated heterocycles. The largest absolute Gasteiger partial charge is 0.395 e. The van der Waals surface area contributed by atoms with Gasteiger partial charge in [-0.05, 0) is 17.7 Å². The summed E-state index contributed by atoms with van der Waals surface area (Å²) in [5.74, 6) is -0.520. The van der Waals surface area contributed by atoms with Crippen molar-refractivity contribution in [1.82, 2.24) is 10.2 Å². The molecule has 6 nitrogen and oxygen atoms in total. The Morgan fingerprint density at radius 2 is 1.86 bits per heavy atom. The van der Waals surface area contributed by atoms with Crippen LogP contribution in [0.1, 0.15) is 5.56 Å². The molecule has 0 spiro atoms. The maximum Gasteiger partial charge on any atom is 0.266 e. The number of nitrogens with one attached hydrogen (secondary N) is 1. The molecule has 1 aromatic carbocycles. The van der Waals surface area contributed by atoms with Gasteiger partial charge in [-0.1, -0.05) is 28.1 Å². The molecule has 1 rings (SSSR count). The molecule has 22 heavy (non-hydrogen) atoms. The lowest BCUT2D eigenvalue weighted by atomic mass is 10.2. The first-order chi connectivity index (χ1) is 10.6. The number of aliphatic hydroxyl groups is 2. The molecule has 0 radical (unpaired) electrons. The lowest BCUT2D eigenvalue weighted by Gasteiger charge is -2.20. The Balaban J connectivity index is 2.67. The highest BCUT2D eigenvalue weighted by molar-refractivity contribution is 9.10. The van der Waals surface area contributed by atoms with Crippen LogP contribution in [0.4, 0.5) is 0 Å². The average molecular weight is 368 g/mol. The van der Waals surface area contributed by atoms with E-state index in [2.05, 4.69) is 21.2 Å². The van der Waals surface area contributed by atoms with Crippen LogP contribution in [-0.4, -0.2) is 47.3 Å². The Kier molecular flexibility index (Phi) is 8.22. The van der Waals surface area contributed by atoms with E-state index in [0.717, 1.165) is 10.0 Å². The highest BCUT2D eigenvalue weighted by Gasteiger charge is 2.17. The number of amides is 1. The van der Waals surface area contributed by atoms with Crippen LogP contribution in [0.15, 0.2) is 40.5 Å². The summed E-state index contributed by atoms with van der Waals surface area (Å²) in [6.45, 7) is 0.176. The highest BCUT2D eigenvalue weighted by Crippen LogP contribution is 2.10. The molecule has 0 aliphatic carbocycles. The first-order valence-electron chi connectivity index (χ1n) is 6.71. The van der Waals surface area contributed by atoms with Gasteiger partial charge in [0.05, 0.1) is 13.2 Å². The smallest absolute Gasteiger partial charge is 0.266 e. The molecule has 118 valence electrons. The lowest BCUT2D eigenvalue weighted by molar-refractivity contribution is -0.127. The number of rotatable bonds is 8. The molecule has 0 bridgehead atoms. The third kappa shape index (κ3) is 5.85. The standard InChI is InChI=1S/C15H18BrN3O3/c16-14-3-1-12(2-4-14)10-18-11-13(9-17)15(22)19(5-7-20)6-8-21/h1-4,11,18,20-21H,5-8,10H2/b13-11-. The molecule has 0 aromatic heterocycles. The average Bonchev–Trinajstić information content (AvgIpc) is 2.52. The molecule has 1 amide bonds. The lowest BCUT2D eigenvalue weighted by Crippen LogP contribution is -2.37. The Morgan fingerprint density at radius 3 is 2.36 bits per heavy atom. The number of nitriles is 1. The molecular formula is C15H18BrN3O3. The molecule has 1 aromatic rings. The van der Waals surface area contributed by atoms with Gasteiger partial charge in [0.2, 0.25) is 0 Å². The first-order valence-corrected chi connectivity index (χ1v) is 7.50. The van der Waals surface area contributed by atoms with Crippen molar-refractivity contribution in [2.24, 2.45) is 0 Å². The van der Waals surface area contributed by atoms with Crippen LogP contribution in [0.25, 0.3) is 0 Å². The van der Waals surface area contributed by atoms with Crippen LogP contribution in [-0.2, 0) is 11.3 Å². The maximum atomic E-state index is 12.1. The summed E-state index contributed by atoms with van der Waals surface area (Å²) in [7, 11) is 0. The number of hydrogen-bond acceptors (Lipinski definition) is 5. The van der Waals surface area contributed by atoms with E-state index in [4.69, 9.17) is 15.5 Å². The van der Waals surface area contributed by atoms with Crippen molar-refractivity contribution >= 4 is 21.8 Å². The molecule has 0 atom stereocenters. The van der Waals surface area contributed by atoms with E-state index in [-0.39, 0.29) is 31.9 Å². The first kappa shape index (κ1) is 18.2. The number of benzene rings is 1.